The number of benzene rings is 1. The Hall–Kier alpha value is -3.01. The van der Waals surface area contributed by atoms with Gasteiger partial charge in [-0.25, -0.2) is 0 Å². The standard InChI is InChI=1S/C34H47NO8/c1-18-25(43-27(38)17-24(35-8)22-12-10-9-11-13-22)14-15-34(7)28(18)30(39)23-16-26(41-20(3)36)19(2)29(33(23,5)6)31(32(34)40)42-21(4)37/h9-13,23-26,28,30-32,35,39-40H,1,14-17H2,2-8H3. The predicted molar refractivity (Wildman–Crippen MR) is 160 cm³/mol. The summed E-state index contributed by atoms with van der Waals surface area (Å²) < 4.78 is 17.6. The third kappa shape index (κ3) is 6.17. The molecule has 0 heterocycles. The molecule has 4 rings (SSSR count). The lowest BCUT2D eigenvalue weighted by Crippen LogP contribution is -2.63. The number of esters is 3. The molecule has 9 heteroatoms. The lowest BCUT2D eigenvalue weighted by Gasteiger charge is -2.59. The first-order chi connectivity index (χ1) is 20.1. The van der Waals surface area contributed by atoms with Gasteiger partial charge >= 0.3 is 17.9 Å². The maximum atomic E-state index is 13.2. The smallest absolute Gasteiger partial charge is 0.308 e. The van der Waals surface area contributed by atoms with Gasteiger partial charge in [0, 0.05) is 31.2 Å². The van der Waals surface area contributed by atoms with Gasteiger partial charge in [0.15, 0.2) is 6.10 Å². The van der Waals surface area contributed by atoms with Crippen LogP contribution >= 0.6 is 0 Å². The van der Waals surface area contributed by atoms with Crippen LogP contribution in [0.2, 0.25) is 0 Å². The molecule has 0 aromatic heterocycles. The number of aliphatic hydroxyl groups excluding tert-OH is 2. The monoisotopic (exact) mass is 597 g/mol. The molecular formula is C34H47NO8. The molecular weight excluding hydrogens is 550 g/mol. The molecule has 3 N–H and O–H groups in total. The number of carbonyl (C=O) groups excluding carboxylic acids is 3. The number of rotatable bonds is 7. The summed E-state index contributed by atoms with van der Waals surface area (Å²) in [5.74, 6) is -2.54. The Kier molecular flexibility index (Phi) is 9.59. The Balaban J connectivity index is 1.70. The van der Waals surface area contributed by atoms with Gasteiger partial charge in [-0.3, -0.25) is 14.4 Å². The molecule has 0 spiro atoms. The van der Waals surface area contributed by atoms with Crippen LogP contribution in [0, 0.1) is 22.7 Å². The summed E-state index contributed by atoms with van der Waals surface area (Å²) in [5, 5.41) is 27.5. The van der Waals surface area contributed by atoms with Crippen molar-refractivity contribution in [2.24, 2.45) is 22.7 Å². The van der Waals surface area contributed by atoms with E-state index in [0.29, 0.717) is 30.4 Å². The number of hydrogen-bond donors (Lipinski definition) is 3. The molecule has 9 atom stereocenters. The molecule has 0 saturated heterocycles. The van der Waals surface area contributed by atoms with Crippen LogP contribution in [0.5, 0.6) is 0 Å². The van der Waals surface area contributed by atoms with Crippen molar-refractivity contribution in [1.82, 2.24) is 5.32 Å². The van der Waals surface area contributed by atoms with Gasteiger partial charge in [0.2, 0.25) is 0 Å². The highest BCUT2D eigenvalue weighted by Gasteiger charge is 2.62. The van der Waals surface area contributed by atoms with E-state index in [4.69, 9.17) is 14.2 Å². The van der Waals surface area contributed by atoms with Crippen molar-refractivity contribution in [1.29, 1.82) is 0 Å². The Morgan fingerprint density at radius 3 is 2.23 bits per heavy atom. The highest BCUT2D eigenvalue weighted by Crippen LogP contribution is 2.59. The second kappa shape index (κ2) is 12.5. The summed E-state index contributed by atoms with van der Waals surface area (Å²) in [5.41, 5.74) is 1.18. The Morgan fingerprint density at radius 2 is 1.65 bits per heavy atom. The summed E-state index contributed by atoms with van der Waals surface area (Å²) >= 11 is 0. The topological polar surface area (TPSA) is 131 Å². The lowest BCUT2D eigenvalue weighted by atomic mass is 9.49. The summed E-state index contributed by atoms with van der Waals surface area (Å²) in [6, 6.07) is 9.42. The molecule has 3 aliphatic rings. The van der Waals surface area contributed by atoms with Crippen LogP contribution in [-0.2, 0) is 28.6 Å². The summed E-state index contributed by atoms with van der Waals surface area (Å²) in [6.07, 6.45) is -3.33. The number of nitrogens with one attached hydrogen (secondary N) is 1. The first-order valence-corrected chi connectivity index (χ1v) is 15.2. The SMILES string of the molecule is C=C1C(OC(=O)CC(NC)c2ccccc2)CCC2(C)C(O)C(OC(C)=O)C3=C(C)C(OC(C)=O)CC(C(O)C12)C3(C)C. The third-order valence-corrected chi connectivity index (χ3v) is 10.3. The zero-order valence-electron chi connectivity index (χ0n) is 26.4. The summed E-state index contributed by atoms with van der Waals surface area (Å²) in [4.78, 5) is 37.7. The number of fused-ring (bicyclic) bond motifs is 3. The van der Waals surface area contributed by atoms with Gasteiger partial charge < -0.3 is 29.7 Å². The predicted octanol–water partition coefficient (Wildman–Crippen LogP) is 4.18. The van der Waals surface area contributed by atoms with Gasteiger partial charge in [-0.15, -0.1) is 0 Å². The zero-order chi connectivity index (χ0) is 31.9. The summed E-state index contributed by atoms with van der Waals surface area (Å²) in [6.45, 7) is 14.6. The molecule has 2 bridgehead atoms. The van der Waals surface area contributed by atoms with Crippen LogP contribution < -0.4 is 5.32 Å². The third-order valence-electron chi connectivity index (χ3n) is 10.3. The van der Waals surface area contributed by atoms with Gasteiger partial charge in [-0.1, -0.05) is 57.7 Å². The van der Waals surface area contributed by atoms with E-state index in [-0.39, 0.29) is 12.5 Å². The van der Waals surface area contributed by atoms with Crippen molar-refractivity contribution in [3.63, 3.8) is 0 Å². The minimum Gasteiger partial charge on any atom is -0.458 e. The van der Waals surface area contributed by atoms with Gasteiger partial charge in [0.25, 0.3) is 0 Å². The lowest BCUT2D eigenvalue weighted by molar-refractivity contribution is -0.183. The molecule has 2 saturated carbocycles. The van der Waals surface area contributed by atoms with E-state index in [9.17, 15) is 24.6 Å². The van der Waals surface area contributed by atoms with Gasteiger partial charge in [0.1, 0.15) is 18.3 Å². The Bertz CT molecular complexity index is 1270. The molecule has 0 aliphatic heterocycles. The number of aliphatic hydroxyl groups is 2. The average Bonchev–Trinajstić information content (AvgIpc) is 2.93. The Labute approximate surface area is 254 Å². The van der Waals surface area contributed by atoms with Crippen molar-refractivity contribution in [2.75, 3.05) is 7.05 Å². The number of ether oxygens (including phenoxy) is 3. The second-order valence-corrected chi connectivity index (χ2v) is 13.3. The molecule has 1 aromatic rings. The minimum atomic E-state index is -1.21. The molecule has 43 heavy (non-hydrogen) atoms. The molecule has 236 valence electrons. The summed E-state index contributed by atoms with van der Waals surface area (Å²) in [7, 11) is 1.79. The fourth-order valence-corrected chi connectivity index (χ4v) is 8.04. The van der Waals surface area contributed by atoms with Crippen LogP contribution in [-0.4, -0.2) is 65.7 Å². The molecule has 0 radical (unpaired) electrons. The largest absolute Gasteiger partial charge is 0.458 e. The number of hydrogen-bond acceptors (Lipinski definition) is 9. The van der Waals surface area contributed by atoms with Gasteiger partial charge in [0.05, 0.1) is 12.5 Å². The average molecular weight is 598 g/mol. The van der Waals surface area contributed by atoms with E-state index in [1.54, 1.807) is 7.05 Å². The van der Waals surface area contributed by atoms with Crippen molar-refractivity contribution >= 4 is 17.9 Å². The molecule has 9 nitrogen and oxygen atoms in total. The zero-order valence-corrected chi connectivity index (χ0v) is 26.4. The van der Waals surface area contributed by atoms with E-state index in [1.807, 2.05) is 58.0 Å². The van der Waals surface area contributed by atoms with Crippen LogP contribution in [0.15, 0.2) is 53.6 Å². The highest BCUT2D eigenvalue weighted by molar-refractivity contribution is 5.71. The van der Waals surface area contributed by atoms with Crippen molar-refractivity contribution in [3.8, 4) is 0 Å². The van der Waals surface area contributed by atoms with Crippen molar-refractivity contribution < 1.29 is 38.8 Å². The van der Waals surface area contributed by atoms with Crippen LogP contribution in [0.25, 0.3) is 0 Å². The first-order valence-electron chi connectivity index (χ1n) is 15.2. The van der Waals surface area contributed by atoms with Gasteiger partial charge in [-0.2, -0.15) is 0 Å². The maximum absolute atomic E-state index is 13.2. The van der Waals surface area contributed by atoms with Crippen LogP contribution in [0.1, 0.15) is 78.8 Å². The molecule has 9 unspecified atom stereocenters. The number of carbonyl (C=O) groups is 3. The molecule has 1 aromatic carbocycles. The van der Waals surface area contributed by atoms with Gasteiger partial charge in [-0.05, 0) is 66.8 Å². The van der Waals surface area contributed by atoms with Crippen LogP contribution in [0.4, 0.5) is 0 Å². The minimum absolute atomic E-state index is 0.110. The van der Waals surface area contributed by atoms with E-state index in [2.05, 4.69) is 11.9 Å². The van der Waals surface area contributed by atoms with E-state index in [0.717, 1.165) is 11.1 Å². The van der Waals surface area contributed by atoms with Crippen molar-refractivity contribution in [3.05, 3.63) is 59.2 Å². The normalized spacial score (nSPS) is 34.3. The Morgan fingerprint density at radius 1 is 1.02 bits per heavy atom. The molecule has 2 fully saturated rings. The maximum Gasteiger partial charge on any atom is 0.308 e. The second-order valence-electron chi connectivity index (χ2n) is 13.3. The quantitative estimate of drug-likeness (QED) is 0.241. The first kappa shape index (κ1) is 32.9. The highest BCUT2D eigenvalue weighted by atomic mass is 16.6. The molecule has 0 amide bonds. The fraction of sp³-hybridized carbons (Fsp3) is 0.618. The van der Waals surface area contributed by atoms with Crippen LogP contribution in [0.3, 0.4) is 0 Å². The van der Waals surface area contributed by atoms with E-state index in [1.165, 1.54) is 13.8 Å². The fourth-order valence-electron chi connectivity index (χ4n) is 8.04. The van der Waals surface area contributed by atoms with E-state index < -0.39 is 71.1 Å². The van der Waals surface area contributed by atoms with Crippen molar-refractivity contribution in [2.45, 2.75) is 104 Å². The molecule has 3 aliphatic carbocycles. The van der Waals surface area contributed by atoms with E-state index >= 15 is 0 Å².